The van der Waals surface area contributed by atoms with Gasteiger partial charge in [0.25, 0.3) is 15.9 Å². The Bertz CT molecular complexity index is 877. The molecule has 1 atom stereocenters. The van der Waals surface area contributed by atoms with Crippen LogP contribution in [0.2, 0.25) is 0 Å². The molecule has 0 heterocycles. The molecule has 2 N–H and O–H groups in total. The number of aryl methyl sites for hydroxylation is 1. The van der Waals surface area contributed by atoms with Crippen molar-refractivity contribution >= 4 is 21.6 Å². The molecule has 0 aliphatic heterocycles. The van der Waals surface area contributed by atoms with Crippen LogP contribution in [0.15, 0.2) is 53.4 Å². The zero-order valence-corrected chi connectivity index (χ0v) is 16.8. The number of nitrogens with one attached hydrogen (secondary N) is 2. The lowest BCUT2D eigenvalue weighted by Crippen LogP contribution is -2.38. The first-order chi connectivity index (χ1) is 12.7. The minimum Gasteiger partial charge on any atom is -0.481 e. The zero-order chi connectivity index (χ0) is 20.0. The largest absolute Gasteiger partial charge is 0.481 e. The molecule has 0 aliphatic carbocycles. The number of hydrogen-bond donors (Lipinski definition) is 2. The second kappa shape index (κ2) is 8.90. The van der Waals surface area contributed by atoms with Crippen molar-refractivity contribution in [3.05, 3.63) is 54.1 Å². The summed E-state index contributed by atoms with van der Waals surface area (Å²) in [6.45, 7) is 8.08. The highest BCUT2D eigenvalue weighted by atomic mass is 32.2. The lowest BCUT2D eigenvalue weighted by molar-refractivity contribution is -0.127. The molecule has 7 heteroatoms. The fourth-order valence-electron chi connectivity index (χ4n) is 2.29. The van der Waals surface area contributed by atoms with Crippen LogP contribution in [0.1, 0.15) is 26.3 Å². The molecular weight excluding hydrogens is 364 g/mol. The molecule has 0 spiro atoms. The van der Waals surface area contributed by atoms with E-state index in [1.165, 1.54) is 12.1 Å². The van der Waals surface area contributed by atoms with Crippen LogP contribution in [0.4, 0.5) is 5.69 Å². The molecule has 6 nitrogen and oxygen atoms in total. The number of hydrogen-bond acceptors (Lipinski definition) is 4. The molecule has 1 amide bonds. The second-order valence-electron chi connectivity index (χ2n) is 6.79. The van der Waals surface area contributed by atoms with Crippen LogP contribution in [0, 0.1) is 12.8 Å². The molecule has 0 fully saturated rings. The van der Waals surface area contributed by atoms with E-state index in [2.05, 4.69) is 10.0 Å². The Morgan fingerprint density at radius 2 is 1.67 bits per heavy atom. The quantitative estimate of drug-likeness (QED) is 0.724. The van der Waals surface area contributed by atoms with Crippen LogP contribution in [0.5, 0.6) is 5.75 Å². The number of sulfonamides is 1. The van der Waals surface area contributed by atoms with Crippen LogP contribution >= 0.6 is 0 Å². The summed E-state index contributed by atoms with van der Waals surface area (Å²) in [6.07, 6.45) is -0.670. The van der Waals surface area contributed by atoms with Gasteiger partial charge in [-0.05, 0) is 55.7 Å². The highest BCUT2D eigenvalue weighted by Gasteiger charge is 2.17. The van der Waals surface area contributed by atoms with E-state index in [0.717, 1.165) is 5.56 Å². The number of carbonyl (C=O) groups excluding carboxylic acids is 1. The van der Waals surface area contributed by atoms with Gasteiger partial charge in [-0.1, -0.05) is 32.0 Å². The summed E-state index contributed by atoms with van der Waals surface area (Å²) in [5.41, 5.74) is 1.37. The van der Waals surface area contributed by atoms with E-state index in [9.17, 15) is 13.2 Å². The summed E-state index contributed by atoms with van der Waals surface area (Å²) in [7, 11) is -3.70. The normalized spacial score (nSPS) is 12.5. The highest BCUT2D eigenvalue weighted by molar-refractivity contribution is 7.92. The topological polar surface area (TPSA) is 84.5 Å². The van der Waals surface area contributed by atoms with Gasteiger partial charge in [0.1, 0.15) is 5.75 Å². The van der Waals surface area contributed by atoms with Crippen LogP contribution in [-0.4, -0.2) is 27.0 Å². The lowest BCUT2D eigenvalue weighted by Gasteiger charge is -2.16. The fraction of sp³-hybridized carbons (Fsp3) is 0.350. The predicted molar refractivity (Wildman–Crippen MR) is 106 cm³/mol. The van der Waals surface area contributed by atoms with Gasteiger partial charge in [-0.3, -0.25) is 9.52 Å². The molecule has 0 unspecified atom stereocenters. The highest BCUT2D eigenvalue weighted by Crippen LogP contribution is 2.21. The van der Waals surface area contributed by atoms with E-state index in [4.69, 9.17) is 4.74 Å². The average molecular weight is 391 g/mol. The van der Waals surface area contributed by atoms with Gasteiger partial charge >= 0.3 is 0 Å². The maximum absolute atomic E-state index is 12.5. The number of benzene rings is 2. The maximum Gasteiger partial charge on any atom is 0.261 e. The summed E-state index contributed by atoms with van der Waals surface area (Å²) in [5, 5.41) is 2.80. The van der Waals surface area contributed by atoms with Crippen molar-refractivity contribution in [2.24, 2.45) is 5.92 Å². The number of anilines is 1. The maximum atomic E-state index is 12.5. The third kappa shape index (κ3) is 5.99. The van der Waals surface area contributed by atoms with Crippen molar-refractivity contribution in [2.45, 2.75) is 38.7 Å². The number of carbonyl (C=O) groups is 1. The molecule has 2 aromatic rings. The molecule has 146 valence electrons. The number of amides is 1. The van der Waals surface area contributed by atoms with Gasteiger partial charge in [0.15, 0.2) is 6.10 Å². The van der Waals surface area contributed by atoms with Gasteiger partial charge in [-0.25, -0.2) is 8.42 Å². The molecular formula is C20H26N2O4S. The number of para-hydroxylation sites is 1. The minimum atomic E-state index is -3.70. The van der Waals surface area contributed by atoms with Crippen molar-refractivity contribution in [3.8, 4) is 5.75 Å². The van der Waals surface area contributed by atoms with Gasteiger partial charge in [0, 0.05) is 6.54 Å². The molecule has 0 saturated carbocycles. The van der Waals surface area contributed by atoms with E-state index < -0.39 is 16.1 Å². The summed E-state index contributed by atoms with van der Waals surface area (Å²) in [5.74, 6) is 0.574. The van der Waals surface area contributed by atoms with E-state index in [-0.39, 0.29) is 10.8 Å². The third-order valence-electron chi connectivity index (χ3n) is 3.89. The van der Waals surface area contributed by atoms with Gasteiger partial charge in [0.05, 0.1) is 10.6 Å². The first-order valence-electron chi connectivity index (χ1n) is 8.82. The average Bonchev–Trinajstić information content (AvgIpc) is 2.62. The summed E-state index contributed by atoms with van der Waals surface area (Å²) in [6, 6.07) is 13.1. The van der Waals surface area contributed by atoms with Crippen LogP contribution in [0.25, 0.3) is 0 Å². The number of ether oxygens (including phenoxy) is 1. The predicted octanol–water partition coefficient (Wildman–Crippen LogP) is 3.34. The number of rotatable bonds is 8. The van der Waals surface area contributed by atoms with E-state index >= 15 is 0 Å². The van der Waals surface area contributed by atoms with Crippen molar-refractivity contribution in [2.75, 3.05) is 11.3 Å². The first kappa shape index (κ1) is 20.8. The SMILES string of the molecule is Cc1ccccc1NS(=O)(=O)c1ccc(O[C@H](C)C(=O)NCC(C)C)cc1. The molecule has 2 aromatic carbocycles. The van der Waals surface area contributed by atoms with E-state index in [1.807, 2.05) is 32.9 Å². The molecule has 0 aliphatic rings. The van der Waals surface area contributed by atoms with Gasteiger partial charge in [-0.2, -0.15) is 0 Å². The van der Waals surface area contributed by atoms with Crippen molar-refractivity contribution < 1.29 is 17.9 Å². The van der Waals surface area contributed by atoms with Crippen molar-refractivity contribution in [1.29, 1.82) is 0 Å². The monoisotopic (exact) mass is 390 g/mol. The Labute approximate surface area is 161 Å². The van der Waals surface area contributed by atoms with E-state index in [0.29, 0.717) is 23.9 Å². The molecule has 0 saturated heterocycles. The minimum absolute atomic E-state index is 0.120. The van der Waals surface area contributed by atoms with Crippen LogP contribution in [0.3, 0.4) is 0 Å². The van der Waals surface area contributed by atoms with Crippen molar-refractivity contribution in [3.63, 3.8) is 0 Å². The molecule has 0 aromatic heterocycles. The standard InChI is InChI=1S/C20H26N2O4S/c1-14(2)13-21-20(23)16(4)26-17-9-11-18(12-10-17)27(24,25)22-19-8-6-5-7-15(19)3/h5-12,14,16,22H,13H2,1-4H3,(H,21,23)/t16-/m1/s1. The van der Waals surface area contributed by atoms with Crippen LogP contribution in [-0.2, 0) is 14.8 Å². The molecule has 0 radical (unpaired) electrons. The Kier molecular flexibility index (Phi) is 6.85. The Balaban J connectivity index is 2.03. The molecule has 27 heavy (non-hydrogen) atoms. The van der Waals surface area contributed by atoms with Gasteiger partial charge in [0.2, 0.25) is 0 Å². The van der Waals surface area contributed by atoms with Crippen molar-refractivity contribution in [1.82, 2.24) is 5.32 Å². The Morgan fingerprint density at radius 3 is 2.26 bits per heavy atom. The molecule has 2 rings (SSSR count). The summed E-state index contributed by atoms with van der Waals surface area (Å²) in [4.78, 5) is 12.1. The zero-order valence-electron chi connectivity index (χ0n) is 16.0. The Morgan fingerprint density at radius 1 is 1.04 bits per heavy atom. The molecule has 0 bridgehead atoms. The second-order valence-corrected chi connectivity index (χ2v) is 8.47. The summed E-state index contributed by atoms with van der Waals surface area (Å²) < 4.78 is 33.2. The van der Waals surface area contributed by atoms with Crippen LogP contribution < -0.4 is 14.8 Å². The summed E-state index contributed by atoms with van der Waals surface area (Å²) >= 11 is 0. The lowest BCUT2D eigenvalue weighted by atomic mass is 10.2. The van der Waals surface area contributed by atoms with Gasteiger partial charge < -0.3 is 10.1 Å². The fourth-order valence-corrected chi connectivity index (χ4v) is 3.43. The van der Waals surface area contributed by atoms with E-state index in [1.54, 1.807) is 31.2 Å². The van der Waals surface area contributed by atoms with Gasteiger partial charge in [-0.15, -0.1) is 0 Å². The first-order valence-corrected chi connectivity index (χ1v) is 10.3. The third-order valence-corrected chi connectivity index (χ3v) is 5.27. The Hall–Kier alpha value is -2.54. The smallest absolute Gasteiger partial charge is 0.261 e.